The van der Waals surface area contributed by atoms with Gasteiger partial charge in [-0.15, -0.1) is 0 Å². The normalized spacial score (nSPS) is 12.4. The average Bonchev–Trinajstić information content (AvgIpc) is 2.55. The maximum absolute atomic E-state index is 12.3. The Balaban J connectivity index is 1.76. The molecule has 3 rings (SSSR count). The van der Waals surface area contributed by atoms with Gasteiger partial charge in [0.15, 0.2) is 11.5 Å². The van der Waals surface area contributed by atoms with Crippen LogP contribution in [0.4, 0.5) is 11.4 Å². The summed E-state index contributed by atoms with van der Waals surface area (Å²) in [5, 5.41) is 5.75. The van der Waals surface area contributed by atoms with Crippen LogP contribution in [0.1, 0.15) is 17.3 Å². The monoisotopic (exact) mass is 346 g/mol. The molecule has 6 nitrogen and oxygen atoms in total. The Hall–Kier alpha value is -2.73. The first-order chi connectivity index (χ1) is 11.5. The molecule has 0 saturated carbocycles. The molecule has 124 valence electrons. The van der Waals surface area contributed by atoms with Gasteiger partial charge in [-0.25, -0.2) is 0 Å². The lowest BCUT2D eigenvalue weighted by molar-refractivity contribution is -0.114. The predicted molar refractivity (Wildman–Crippen MR) is 91.1 cm³/mol. The molecule has 0 radical (unpaired) electrons. The fourth-order valence-corrected chi connectivity index (χ4v) is 2.46. The third-order valence-electron chi connectivity index (χ3n) is 3.35. The summed E-state index contributed by atoms with van der Waals surface area (Å²) >= 11 is 6.18. The van der Waals surface area contributed by atoms with Crippen LogP contribution in [0.3, 0.4) is 0 Å². The molecular formula is C17H15ClN2O4. The quantitative estimate of drug-likeness (QED) is 0.893. The fourth-order valence-electron chi connectivity index (χ4n) is 2.26. The zero-order valence-corrected chi connectivity index (χ0v) is 13.6. The van der Waals surface area contributed by atoms with Crippen molar-refractivity contribution in [2.75, 3.05) is 23.8 Å². The third kappa shape index (κ3) is 3.60. The van der Waals surface area contributed by atoms with Crippen molar-refractivity contribution in [3.8, 4) is 11.5 Å². The molecule has 0 aliphatic carbocycles. The highest BCUT2D eigenvalue weighted by atomic mass is 35.5. The van der Waals surface area contributed by atoms with Gasteiger partial charge in [0.1, 0.15) is 13.2 Å². The highest BCUT2D eigenvalue weighted by Gasteiger charge is 2.17. The standard InChI is InChI=1S/C17H15ClN2O4/c1-10(21)19-12-4-2-11(3-5-12)17(22)20-14-9-16-15(8-13(14)18)23-6-7-24-16/h2-5,8-9H,6-7H2,1H3,(H,19,21)(H,20,22). The topological polar surface area (TPSA) is 76.7 Å². The van der Waals surface area contributed by atoms with Crippen LogP contribution in [-0.4, -0.2) is 25.0 Å². The van der Waals surface area contributed by atoms with E-state index in [9.17, 15) is 9.59 Å². The molecule has 0 fully saturated rings. The molecule has 0 unspecified atom stereocenters. The van der Waals surface area contributed by atoms with E-state index in [0.717, 1.165) is 0 Å². The number of halogens is 1. The number of ether oxygens (including phenoxy) is 2. The summed E-state index contributed by atoms with van der Waals surface area (Å²) in [6, 6.07) is 9.80. The molecule has 2 aromatic carbocycles. The minimum atomic E-state index is -0.317. The van der Waals surface area contributed by atoms with E-state index in [1.54, 1.807) is 36.4 Å². The Morgan fingerprint density at radius 3 is 2.25 bits per heavy atom. The minimum Gasteiger partial charge on any atom is -0.486 e. The molecule has 24 heavy (non-hydrogen) atoms. The number of hydrogen-bond donors (Lipinski definition) is 2. The Kier molecular flexibility index (Phi) is 4.57. The van der Waals surface area contributed by atoms with Gasteiger partial charge in [-0.2, -0.15) is 0 Å². The smallest absolute Gasteiger partial charge is 0.255 e. The van der Waals surface area contributed by atoms with Gasteiger partial charge in [0.2, 0.25) is 5.91 Å². The van der Waals surface area contributed by atoms with E-state index >= 15 is 0 Å². The van der Waals surface area contributed by atoms with Gasteiger partial charge in [0.25, 0.3) is 5.91 Å². The number of hydrogen-bond acceptors (Lipinski definition) is 4. The molecule has 1 aliphatic rings. The van der Waals surface area contributed by atoms with Crippen LogP contribution in [0.25, 0.3) is 0 Å². The number of carbonyl (C=O) groups is 2. The molecular weight excluding hydrogens is 332 g/mol. The van der Waals surface area contributed by atoms with Crippen molar-refractivity contribution in [2.24, 2.45) is 0 Å². The number of carbonyl (C=O) groups excluding carboxylic acids is 2. The van der Waals surface area contributed by atoms with Gasteiger partial charge in [-0.05, 0) is 24.3 Å². The Morgan fingerprint density at radius 2 is 1.62 bits per heavy atom. The van der Waals surface area contributed by atoms with Crippen molar-refractivity contribution in [2.45, 2.75) is 6.92 Å². The molecule has 0 spiro atoms. The Morgan fingerprint density at radius 1 is 1.00 bits per heavy atom. The van der Waals surface area contributed by atoms with Crippen molar-refractivity contribution in [3.05, 3.63) is 47.0 Å². The molecule has 2 aromatic rings. The summed E-state index contributed by atoms with van der Waals surface area (Å²) in [6.07, 6.45) is 0. The van der Waals surface area contributed by atoms with Gasteiger partial charge in [-0.3, -0.25) is 9.59 Å². The van der Waals surface area contributed by atoms with Crippen LogP contribution in [-0.2, 0) is 4.79 Å². The second-order valence-corrected chi connectivity index (χ2v) is 5.60. The number of anilines is 2. The lowest BCUT2D eigenvalue weighted by Crippen LogP contribution is -2.17. The van der Waals surface area contributed by atoms with Gasteiger partial charge in [0, 0.05) is 30.3 Å². The zero-order valence-electron chi connectivity index (χ0n) is 12.9. The number of rotatable bonds is 3. The summed E-state index contributed by atoms with van der Waals surface area (Å²) in [5.41, 5.74) is 1.50. The molecule has 2 N–H and O–H groups in total. The molecule has 0 bridgehead atoms. The highest BCUT2D eigenvalue weighted by molar-refractivity contribution is 6.34. The number of fused-ring (bicyclic) bond motifs is 1. The third-order valence-corrected chi connectivity index (χ3v) is 3.66. The number of benzene rings is 2. The van der Waals surface area contributed by atoms with Crippen LogP contribution in [0.5, 0.6) is 11.5 Å². The summed E-state index contributed by atoms with van der Waals surface area (Å²) in [5.74, 6) is 0.615. The summed E-state index contributed by atoms with van der Waals surface area (Å²) < 4.78 is 10.9. The predicted octanol–water partition coefficient (Wildman–Crippen LogP) is 3.32. The lowest BCUT2D eigenvalue weighted by Gasteiger charge is -2.20. The van der Waals surface area contributed by atoms with Crippen LogP contribution >= 0.6 is 11.6 Å². The molecule has 1 heterocycles. The lowest BCUT2D eigenvalue weighted by atomic mass is 10.2. The number of nitrogens with one attached hydrogen (secondary N) is 2. The Labute approximate surface area is 143 Å². The first kappa shape index (κ1) is 16.1. The van der Waals surface area contributed by atoms with E-state index in [2.05, 4.69) is 10.6 Å². The molecule has 7 heteroatoms. The second-order valence-electron chi connectivity index (χ2n) is 5.19. The van der Waals surface area contributed by atoms with Crippen LogP contribution in [0.15, 0.2) is 36.4 Å². The average molecular weight is 347 g/mol. The van der Waals surface area contributed by atoms with Gasteiger partial charge >= 0.3 is 0 Å². The summed E-state index contributed by atoms with van der Waals surface area (Å²) in [6.45, 7) is 2.34. The summed E-state index contributed by atoms with van der Waals surface area (Å²) in [4.78, 5) is 23.3. The maximum Gasteiger partial charge on any atom is 0.255 e. The van der Waals surface area contributed by atoms with Crippen LogP contribution in [0, 0.1) is 0 Å². The van der Waals surface area contributed by atoms with E-state index in [-0.39, 0.29) is 11.8 Å². The molecule has 0 saturated heterocycles. The Bertz CT molecular complexity index is 790. The maximum atomic E-state index is 12.3. The van der Waals surface area contributed by atoms with Gasteiger partial charge < -0.3 is 20.1 Å². The highest BCUT2D eigenvalue weighted by Crippen LogP contribution is 2.38. The van der Waals surface area contributed by atoms with Crippen molar-refractivity contribution in [3.63, 3.8) is 0 Å². The molecule has 1 aliphatic heterocycles. The molecule has 0 atom stereocenters. The first-order valence-electron chi connectivity index (χ1n) is 7.31. The van der Waals surface area contributed by atoms with Crippen molar-refractivity contribution < 1.29 is 19.1 Å². The molecule has 2 amide bonds. The van der Waals surface area contributed by atoms with E-state index < -0.39 is 0 Å². The van der Waals surface area contributed by atoms with E-state index in [1.807, 2.05) is 0 Å². The van der Waals surface area contributed by atoms with Crippen molar-refractivity contribution >= 4 is 34.8 Å². The second kappa shape index (κ2) is 6.80. The zero-order chi connectivity index (χ0) is 17.1. The van der Waals surface area contributed by atoms with Gasteiger partial charge in [0.05, 0.1) is 10.7 Å². The summed E-state index contributed by atoms with van der Waals surface area (Å²) in [7, 11) is 0. The van der Waals surface area contributed by atoms with E-state index in [1.165, 1.54) is 6.92 Å². The van der Waals surface area contributed by atoms with Crippen molar-refractivity contribution in [1.82, 2.24) is 0 Å². The fraction of sp³-hybridized carbons (Fsp3) is 0.176. The van der Waals surface area contributed by atoms with Crippen molar-refractivity contribution in [1.29, 1.82) is 0 Å². The SMILES string of the molecule is CC(=O)Nc1ccc(C(=O)Nc2cc3c(cc2Cl)OCCO3)cc1. The molecule has 0 aromatic heterocycles. The van der Waals surface area contributed by atoms with E-state index in [4.69, 9.17) is 21.1 Å². The largest absolute Gasteiger partial charge is 0.486 e. The van der Waals surface area contributed by atoms with Gasteiger partial charge in [-0.1, -0.05) is 11.6 Å². The van der Waals surface area contributed by atoms with Crippen LogP contribution in [0.2, 0.25) is 5.02 Å². The number of amides is 2. The van der Waals surface area contributed by atoms with E-state index in [0.29, 0.717) is 46.7 Å². The first-order valence-corrected chi connectivity index (χ1v) is 7.69. The van der Waals surface area contributed by atoms with Crippen LogP contribution < -0.4 is 20.1 Å². The minimum absolute atomic E-state index is 0.171.